The van der Waals surface area contributed by atoms with Crippen molar-refractivity contribution in [3.63, 3.8) is 0 Å². The quantitative estimate of drug-likeness (QED) is 0.785. The first-order chi connectivity index (χ1) is 9.71. The Balaban J connectivity index is 3.27. The van der Waals surface area contributed by atoms with E-state index >= 15 is 0 Å². The van der Waals surface area contributed by atoms with Gasteiger partial charge in [0.05, 0.1) is 0 Å². The Hall–Kier alpha value is -1.31. The Morgan fingerprint density at radius 2 is 2.00 bits per heavy atom. The molecule has 7 heteroatoms. The molecule has 0 heterocycles. The van der Waals surface area contributed by atoms with Crippen LogP contribution in [0.4, 0.5) is 8.78 Å². The van der Waals surface area contributed by atoms with Gasteiger partial charge in [-0.3, -0.25) is 0 Å². The summed E-state index contributed by atoms with van der Waals surface area (Å²) in [5.74, 6) is -1.82. The number of likely N-dealkylation sites (N-methyl/N-ethyl adjacent to an activating group) is 1. The minimum atomic E-state index is -4.03. The normalized spacial score (nSPS) is 11.9. The number of nitrogens with zero attached hydrogens (tertiary/aromatic N) is 1. The lowest BCUT2D eigenvalue weighted by molar-refractivity contribution is 0.475. The lowest BCUT2D eigenvalue weighted by Crippen LogP contribution is -2.29. The molecular weight excluding hydrogens is 298 g/mol. The first-order valence-corrected chi connectivity index (χ1v) is 7.94. The number of benzene rings is 1. The Labute approximate surface area is 124 Å². The maximum absolute atomic E-state index is 14.3. The van der Waals surface area contributed by atoms with Gasteiger partial charge in [-0.1, -0.05) is 19.1 Å². The van der Waals surface area contributed by atoms with Gasteiger partial charge in [0, 0.05) is 25.7 Å². The van der Waals surface area contributed by atoms with Crippen LogP contribution in [-0.4, -0.2) is 32.9 Å². The molecule has 0 radical (unpaired) electrons. The highest BCUT2D eigenvalue weighted by Gasteiger charge is 2.27. The molecule has 4 nitrogen and oxygen atoms in total. The topological polar surface area (TPSA) is 49.4 Å². The zero-order chi connectivity index (χ0) is 16.2. The largest absolute Gasteiger partial charge is 0.313 e. The van der Waals surface area contributed by atoms with Gasteiger partial charge in [-0.2, -0.15) is 4.31 Å². The van der Waals surface area contributed by atoms with Crippen LogP contribution in [0, 0.1) is 11.6 Å². The lowest BCUT2D eigenvalue weighted by atomic mass is 10.2. The molecular formula is C14H20F2N2O2S. The second kappa shape index (κ2) is 7.11. The van der Waals surface area contributed by atoms with Gasteiger partial charge in [-0.15, -0.1) is 0 Å². The van der Waals surface area contributed by atoms with Crippen LogP contribution >= 0.6 is 0 Å². The number of hydrogen-bond acceptors (Lipinski definition) is 3. The molecule has 0 spiro atoms. The van der Waals surface area contributed by atoms with E-state index in [-0.39, 0.29) is 18.7 Å². The molecule has 0 aliphatic heterocycles. The Bertz CT molecular complexity index is 630. The number of halogens is 2. The highest BCUT2D eigenvalue weighted by molar-refractivity contribution is 7.89. The summed E-state index contributed by atoms with van der Waals surface area (Å²) in [7, 11) is -2.70. The van der Waals surface area contributed by atoms with Crippen molar-refractivity contribution in [1.82, 2.24) is 9.62 Å². The first kappa shape index (κ1) is 17.7. The second-order valence-electron chi connectivity index (χ2n) is 4.84. The molecule has 0 aliphatic rings. The Morgan fingerprint density at radius 3 is 2.52 bits per heavy atom. The number of hydrogen-bond donors (Lipinski definition) is 1. The minimum absolute atomic E-state index is 0.0677. The average Bonchev–Trinajstić information content (AvgIpc) is 2.37. The van der Waals surface area contributed by atoms with Crippen LogP contribution in [0.25, 0.3) is 0 Å². The van der Waals surface area contributed by atoms with Crippen molar-refractivity contribution in [3.05, 3.63) is 41.5 Å². The fourth-order valence-electron chi connectivity index (χ4n) is 1.82. The molecule has 0 saturated heterocycles. The summed E-state index contributed by atoms with van der Waals surface area (Å²) in [6, 6.07) is 1.92. The highest BCUT2D eigenvalue weighted by Crippen LogP contribution is 2.23. The van der Waals surface area contributed by atoms with E-state index in [2.05, 4.69) is 11.9 Å². The van der Waals surface area contributed by atoms with Crippen molar-refractivity contribution in [2.45, 2.75) is 25.3 Å². The standard InChI is InChI=1S/C14H20F2N2O2S/c1-5-17-8-11-12(15)6-7-13(14(11)16)21(19,20)18(4)9-10(2)3/h6-7,17H,2,5,8-9H2,1,3-4H3. The molecule has 1 N–H and O–H groups in total. The van der Waals surface area contributed by atoms with Crippen molar-refractivity contribution in [2.24, 2.45) is 0 Å². The van der Waals surface area contributed by atoms with E-state index in [0.717, 1.165) is 16.4 Å². The zero-order valence-electron chi connectivity index (χ0n) is 12.4. The van der Waals surface area contributed by atoms with Crippen LogP contribution in [0.3, 0.4) is 0 Å². The van der Waals surface area contributed by atoms with E-state index in [4.69, 9.17) is 0 Å². The average molecular weight is 318 g/mol. The molecule has 1 aromatic carbocycles. The molecule has 0 bridgehead atoms. The summed E-state index contributed by atoms with van der Waals surface area (Å²) in [5.41, 5.74) is 0.345. The number of rotatable bonds is 7. The second-order valence-corrected chi connectivity index (χ2v) is 6.85. The summed E-state index contributed by atoms with van der Waals surface area (Å²) in [6.07, 6.45) is 0. The highest BCUT2D eigenvalue weighted by atomic mass is 32.2. The van der Waals surface area contributed by atoms with Gasteiger partial charge in [-0.05, 0) is 25.6 Å². The van der Waals surface area contributed by atoms with Crippen LogP contribution in [0.5, 0.6) is 0 Å². The summed E-state index contributed by atoms with van der Waals surface area (Å²) in [6.45, 7) is 7.61. The van der Waals surface area contributed by atoms with Crippen LogP contribution in [-0.2, 0) is 16.6 Å². The molecule has 0 saturated carbocycles. The molecule has 118 valence electrons. The van der Waals surface area contributed by atoms with Crippen LogP contribution in [0.15, 0.2) is 29.2 Å². The van der Waals surface area contributed by atoms with E-state index in [1.807, 2.05) is 0 Å². The fourth-order valence-corrected chi connectivity index (χ4v) is 3.14. The van der Waals surface area contributed by atoms with Crippen molar-refractivity contribution in [2.75, 3.05) is 20.1 Å². The molecule has 0 fully saturated rings. The van der Waals surface area contributed by atoms with Gasteiger partial charge in [0.1, 0.15) is 10.7 Å². The molecule has 0 aromatic heterocycles. The van der Waals surface area contributed by atoms with Gasteiger partial charge >= 0.3 is 0 Å². The smallest absolute Gasteiger partial charge is 0.246 e. The first-order valence-electron chi connectivity index (χ1n) is 6.50. The maximum Gasteiger partial charge on any atom is 0.246 e. The Kier molecular flexibility index (Phi) is 6.00. The zero-order valence-corrected chi connectivity index (χ0v) is 13.2. The summed E-state index contributed by atoms with van der Waals surface area (Å²) in [5, 5.41) is 2.78. The van der Waals surface area contributed by atoms with E-state index in [0.29, 0.717) is 12.1 Å². The van der Waals surface area contributed by atoms with E-state index < -0.39 is 26.6 Å². The molecule has 1 aromatic rings. The third-order valence-electron chi connectivity index (χ3n) is 2.88. The number of sulfonamides is 1. The van der Waals surface area contributed by atoms with Gasteiger partial charge in [0.2, 0.25) is 10.0 Å². The molecule has 0 unspecified atom stereocenters. The SMILES string of the molecule is C=C(C)CN(C)S(=O)(=O)c1ccc(F)c(CNCC)c1F. The van der Waals surface area contributed by atoms with E-state index in [9.17, 15) is 17.2 Å². The van der Waals surface area contributed by atoms with Gasteiger partial charge < -0.3 is 5.32 Å². The molecule has 0 amide bonds. The summed E-state index contributed by atoms with van der Waals surface area (Å²) < 4.78 is 53.6. The molecule has 0 aliphatic carbocycles. The van der Waals surface area contributed by atoms with Crippen LogP contribution in [0.2, 0.25) is 0 Å². The fraction of sp³-hybridized carbons (Fsp3) is 0.429. The summed E-state index contributed by atoms with van der Waals surface area (Å²) >= 11 is 0. The monoisotopic (exact) mass is 318 g/mol. The molecule has 0 atom stereocenters. The van der Waals surface area contributed by atoms with Gasteiger partial charge in [0.15, 0.2) is 5.82 Å². The van der Waals surface area contributed by atoms with Crippen LogP contribution in [0.1, 0.15) is 19.4 Å². The van der Waals surface area contributed by atoms with Crippen LogP contribution < -0.4 is 5.32 Å². The molecule has 21 heavy (non-hydrogen) atoms. The number of nitrogens with one attached hydrogen (secondary N) is 1. The minimum Gasteiger partial charge on any atom is -0.313 e. The maximum atomic E-state index is 14.3. The van der Waals surface area contributed by atoms with Gasteiger partial charge in [-0.25, -0.2) is 17.2 Å². The summed E-state index contributed by atoms with van der Waals surface area (Å²) in [4.78, 5) is -0.527. The van der Waals surface area contributed by atoms with Gasteiger partial charge in [0.25, 0.3) is 0 Å². The third-order valence-corrected chi connectivity index (χ3v) is 4.70. The van der Waals surface area contributed by atoms with Crippen molar-refractivity contribution in [1.29, 1.82) is 0 Å². The van der Waals surface area contributed by atoms with E-state index in [1.165, 1.54) is 7.05 Å². The predicted octanol–water partition coefficient (Wildman–Crippen LogP) is 2.27. The molecule has 1 rings (SSSR count). The van der Waals surface area contributed by atoms with Crippen molar-refractivity contribution in [3.8, 4) is 0 Å². The van der Waals surface area contributed by atoms with Crippen molar-refractivity contribution < 1.29 is 17.2 Å². The lowest BCUT2D eigenvalue weighted by Gasteiger charge is -2.18. The van der Waals surface area contributed by atoms with E-state index in [1.54, 1.807) is 13.8 Å². The third kappa shape index (κ3) is 4.09. The Morgan fingerprint density at radius 1 is 1.38 bits per heavy atom. The predicted molar refractivity (Wildman–Crippen MR) is 78.4 cm³/mol. The van der Waals surface area contributed by atoms with Crippen molar-refractivity contribution >= 4 is 10.0 Å².